The van der Waals surface area contributed by atoms with E-state index in [-0.39, 0.29) is 12.6 Å². The van der Waals surface area contributed by atoms with E-state index in [4.69, 9.17) is 5.53 Å². The lowest BCUT2D eigenvalue weighted by molar-refractivity contribution is -0.143. The number of carbonyl (C=O) groups is 1. The van der Waals surface area contributed by atoms with Crippen LogP contribution < -0.4 is 5.32 Å². The van der Waals surface area contributed by atoms with Crippen molar-refractivity contribution in [3.05, 3.63) is 10.4 Å². The SMILES string of the molecule is CCC(C)NC(CN=[N+]=[N-])C(=O)OC. The molecule has 0 aromatic rings. The van der Waals surface area contributed by atoms with Gasteiger partial charge in [0.1, 0.15) is 6.04 Å². The van der Waals surface area contributed by atoms with Crippen LogP contribution in [0.3, 0.4) is 0 Å². The van der Waals surface area contributed by atoms with Crippen LogP contribution in [-0.4, -0.2) is 31.7 Å². The lowest BCUT2D eigenvalue weighted by atomic mass is 10.2. The topological polar surface area (TPSA) is 87.1 Å². The lowest BCUT2D eigenvalue weighted by Crippen LogP contribution is -2.44. The van der Waals surface area contributed by atoms with Gasteiger partial charge in [0.2, 0.25) is 0 Å². The zero-order valence-corrected chi connectivity index (χ0v) is 8.73. The van der Waals surface area contributed by atoms with Crippen LogP contribution in [0.4, 0.5) is 0 Å². The van der Waals surface area contributed by atoms with Crippen LogP contribution in [0, 0.1) is 0 Å². The number of esters is 1. The Kier molecular flexibility index (Phi) is 6.53. The second-order valence-corrected chi connectivity index (χ2v) is 2.97. The van der Waals surface area contributed by atoms with Crippen molar-refractivity contribution in [3.63, 3.8) is 0 Å². The zero-order chi connectivity index (χ0) is 11.0. The second kappa shape index (κ2) is 7.17. The molecule has 0 aliphatic carbocycles. The fraction of sp³-hybridized carbons (Fsp3) is 0.875. The number of rotatable bonds is 6. The maximum Gasteiger partial charge on any atom is 0.322 e. The molecule has 0 aliphatic rings. The molecule has 0 bridgehead atoms. The molecule has 0 aliphatic heterocycles. The van der Waals surface area contributed by atoms with Crippen LogP contribution in [0.25, 0.3) is 10.4 Å². The van der Waals surface area contributed by atoms with Crippen molar-refractivity contribution in [2.24, 2.45) is 5.11 Å². The van der Waals surface area contributed by atoms with E-state index in [0.717, 1.165) is 6.42 Å². The van der Waals surface area contributed by atoms with E-state index >= 15 is 0 Å². The number of azide groups is 1. The van der Waals surface area contributed by atoms with Gasteiger partial charge < -0.3 is 10.1 Å². The maximum absolute atomic E-state index is 11.2. The summed E-state index contributed by atoms with van der Waals surface area (Å²) in [5.74, 6) is -0.405. The molecule has 0 aromatic carbocycles. The highest BCUT2D eigenvalue weighted by Crippen LogP contribution is 1.96. The van der Waals surface area contributed by atoms with Crippen molar-refractivity contribution >= 4 is 5.97 Å². The van der Waals surface area contributed by atoms with Gasteiger partial charge in [0, 0.05) is 11.0 Å². The Morgan fingerprint density at radius 1 is 1.71 bits per heavy atom. The van der Waals surface area contributed by atoms with Crippen LogP contribution in [0.1, 0.15) is 20.3 Å². The molecule has 14 heavy (non-hydrogen) atoms. The summed E-state index contributed by atoms with van der Waals surface area (Å²) in [7, 11) is 1.31. The van der Waals surface area contributed by atoms with Crippen LogP contribution in [0.5, 0.6) is 0 Å². The molecule has 0 fully saturated rings. The predicted molar refractivity (Wildman–Crippen MR) is 52.7 cm³/mol. The Labute approximate surface area is 83.3 Å². The van der Waals surface area contributed by atoms with Gasteiger partial charge in [-0.3, -0.25) is 4.79 Å². The molecule has 0 aromatic heterocycles. The minimum Gasteiger partial charge on any atom is -0.468 e. The van der Waals surface area contributed by atoms with E-state index in [0.29, 0.717) is 0 Å². The summed E-state index contributed by atoms with van der Waals surface area (Å²) in [5.41, 5.74) is 8.14. The highest BCUT2D eigenvalue weighted by molar-refractivity contribution is 5.76. The molecule has 0 amide bonds. The Balaban J connectivity index is 4.23. The van der Waals surface area contributed by atoms with Gasteiger partial charge >= 0.3 is 5.97 Å². The average molecular weight is 200 g/mol. The molecular formula is C8H16N4O2. The van der Waals surface area contributed by atoms with Crippen LogP contribution in [-0.2, 0) is 9.53 Å². The largest absolute Gasteiger partial charge is 0.468 e. The zero-order valence-electron chi connectivity index (χ0n) is 8.73. The molecule has 0 heterocycles. The molecule has 6 nitrogen and oxygen atoms in total. The summed E-state index contributed by atoms with van der Waals surface area (Å²) in [5, 5.41) is 6.36. The van der Waals surface area contributed by atoms with Crippen molar-refractivity contribution < 1.29 is 9.53 Å². The highest BCUT2D eigenvalue weighted by atomic mass is 16.5. The van der Waals surface area contributed by atoms with E-state index < -0.39 is 12.0 Å². The molecule has 0 saturated carbocycles. The predicted octanol–water partition coefficient (Wildman–Crippen LogP) is 1.23. The standard InChI is InChI=1S/C8H16N4O2/c1-4-6(2)11-7(5-10-12-9)8(13)14-3/h6-7,11H,4-5H2,1-3H3. The summed E-state index contributed by atoms with van der Waals surface area (Å²) in [6.45, 7) is 4.03. The molecule has 2 unspecified atom stereocenters. The Hall–Kier alpha value is -1.26. The minimum atomic E-state index is -0.550. The van der Waals surface area contributed by atoms with Gasteiger partial charge in [-0.25, -0.2) is 0 Å². The second-order valence-electron chi connectivity index (χ2n) is 2.97. The first-order valence-corrected chi connectivity index (χ1v) is 4.50. The van der Waals surface area contributed by atoms with Crippen LogP contribution in [0.15, 0.2) is 5.11 Å². The van der Waals surface area contributed by atoms with Gasteiger partial charge in [-0.05, 0) is 18.9 Å². The van der Waals surface area contributed by atoms with Gasteiger partial charge in [-0.15, -0.1) is 0 Å². The number of carbonyl (C=O) groups excluding carboxylic acids is 1. The van der Waals surface area contributed by atoms with Crippen molar-refractivity contribution in [3.8, 4) is 0 Å². The number of nitrogens with zero attached hydrogens (tertiary/aromatic N) is 3. The van der Waals surface area contributed by atoms with Gasteiger partial charge in [0.25, 0.3) is 0 Å². The summed E-state index contributed by atoms with van der Waals surface area (Å²) >= 11 is 0. The summed E-state index contributed by atoms with van der Waals surface area (Å²) < 4.78 is 4.57. The fourth-order valence-electron chi connectivity index (χ4n) is 0.917. The first-order chi connectivity index (χ1) is 6.65. The number of methoxy groups -OCH3 is 1. The number of ether oxygens (including phenoxy) is 1. The molecule has 0 rings (SSSR count). The quantitative estimate of drug-likeness (QED) is 0.302. The van der Waals surface area contributed by atoms with Gasteiger partial charge in [-0.2, -0.15) is 0 Å². The van der Waals surface area contributed by atoms with Crippen molar-refractivity contribution in [1.29, 1.82) is 0 Å². The molecule has 0 saturated heterocycles. The molecule has 6 heteroatoms. The van der Waals surface area contributed by atoms with Crippen LogP contribution in [0.2, 0.25) is 0 Å². The monoisotopic (exact) mass is 200 g/mol. The van der Waals surface area contributed by atoms with Crippen molar-refractivity contribution in [2.75, 3.05) is 13.7 Å². The third kappa shape index (κ3) is 4.69. The van der Waals surface area contributed by atoms with E-state index in [1.807, 2.05) is 13.8 Å². The Morgan fingerprint density at radius 2 is 2.36 bits per heavy atom. The average Bonchev–Trinajstić information content (AvgIpc) is 2.22. The summed E-state index contributed by atoms with van der Waals surface area (Å²) in [4.78, 5) is 13.8. The van der Waals surface area contributed by atoms with E-state index in [2.05, 4.69) is 20.1 Å². The molecular weight excluding hydrogens is 184 g/mol. The maximum atomic E-state index is 11.2. The first-order valence-electron chi connectivity index (χ1n) is 4.50. The Bertz CT molecular complexity index is 225. The number of hydrogen-bond donors (Lipinski definition) is 1. The fourth-order valence-corrected chi connectivity index (χ4v) is 0.917. The highest BCUT2D eigenvalue weighted by Gasteiger charge is 2.19. The molecule has 80 valence electrons. The molecule has 0 spiro atoms. The smallest absolute Gasteiger partial charge is 0.322 e. The molecule has 2 atom stereocenters. The first kappa shape index (κ1) is 12.7. The normalized spacial score (nSPS) is 13.9. The van der Waals surface area contributed by atoms with E-state index in [1.165, 1.54) is 7.11 Å². The van der Waals surface area contributed by atoms with Gasteiger partial charge in [0.15, 0.2) is 0 Å². The third-order valence-electron chi connectivity index (χ3n) is 1.91. The number of nitrogens with one attached hydrogen (secondary N) is 1. The lowest BCUT2D eigenvalue weighted by Gasteiger charge is -2.18. The van der Waals surface area contributed by atoms with Crippen LogP contribution >= 0.6 is 0 Å². The Morgan fingerprint density at radius 3 is 2.79 bits per heavy atom. The van der Waals surface area contributed by atoms with Crippen molar-refractivity contribution in [2.45, 2.75) is 32.4 Å². The molecule has 1 N–H and O–H groups in total. The van der Waals surface area contributed by atoms with Gasteiger partial charge in [0.05, 0.1) is 13.7 Å². The third-order valence-corrected chi connectivity index (χ3v) is 1.91. The van der Waals surface area contributed by atoms with Crippen molar-refractivity contribution in [1.82, 2.24) is 5.32 Å². The summed E-state index contributed by atoms with van der Waals surface area (Å²) in [6.07, 6.45) is 0.893. The van der Waals surface area contributed by atoms with E-state index in [1.54, 1.807) is 0 Å². The summed E-state index contributed by atoms with van der Waals surface area (Å²) in [6, 6.07) is -0.362. The number of hydrogen-bond acceptors (Lipinski definition) is 4. The van der Waals surface area contributed by atoms with Gasteiger partial charge in [-0.1, -0.05) is 12.0 Å². The minimum absolute atomic E-state index is 0.0769. The van der Waals surface area contributed by atoms with E-state index in [9.17, 15) is 4.79 Å². The molecule has 0 radical (unpaired) electrons.